The van der Waals surface area contributed by atoms with Gasteiger partial charge in [0.05, 0.1) is 0 Å². The molecule has 0 saturated carbocycles. The van der Waals surface area contributed by atoms with E-state index in [4.69, 9.17) is 0 Å². The standard InChI is InChI=1S/C14H11F2NO/c1-9-6-11(8-12(7-9)14(15)16)13(18)10-2-4-17-5-3-10/h2-8,14H,1H3. The Bertz CT molecular complexity index is 567. The van der Waals surface area contributed by atoms with Gasteiger partial charge in [0.1, 0.15) is 0 Å². The van der Waals surface area contributed by atoms with E-state index in [1.807, 2.05) is 0 Å². The van der Waals surface area contributed by atoms with Crippen LogP contribution in [-0.4, -0.2) is 10.8 Å². The first kappa shape index (κ1) is 12.4. The number of halogens is 2. The Morgan fingerprint density at radius 1 is 1.11 bits per heavy atom. The highest BCUT2D eigenvalue weighted by molar-refractivity contribution is 6.09. The number of aromatic nitrogens is 1. The van der Waals surface area contributed by atoms with E-state index >= 15 is 0 Å². The van der Waals surface area contributed by atoms with Gasteiger partial charge in [0.2, 0.25) is 0 Å². The topological polar surface area (TPSA) is 30.0 Å². The molecular formula is C14H11F2NO. The first-order valence-corrected chi connectivity index (χ1v) is 5.42. The number of hydrogen-bond acceptors (Lipinski definition) is 2. The maximum absolute atomic E-state index is 12.7. The Kier molecular flexibility index (Phi) is 3.46. The third-order valence-corrected chi connectivity index (χ3v) is 2.56. The Morgan fingerprint density at radius 2 is 1.78 bits per heavy atom. The first-order valence-electron chi connectivity index (χ1n) is 5.42. The van der Waals surface area contributed by atoms with Crippen LogP contribution >= 0.6 is 0 Å². The molecule has 1 heterocycles. The summed E-state index contributed by atoms with van der Waals surface area (Å²) >= 11 is 0. The van der Waals surface area contributed by atoms with Crippen molar-refractivity contribution in [1.29, 1.82) is 0 Å². The van der Waals surface area contributed by atoms with Gasteiger partial charge in [-0.05, 0) is 36.8 Å². The van der Waals surface area contributed by atoms with E-state index in [0.717, 1.165) is 0 Å². The van der Waals surface area contributed by atoms with Gasteiger partial charge < -0.3 is 0 Å². The lowest BCUT2D eigenvalue weighted by molar-refractivity contribution is 0.103. The molecule has 0 N–H and O–H groups in total. The molecule has 18 heavy (non-hydrogen) atoms. The van der Waals surface area contributed by atoms with Crippen LogP contribution in [0.25, 0.3) is 0 Å². The molecule has 0 radical (unpaired) electrons. The average Bonchev–Trinajstić information content (AvgIpc) is 2.38. The van der Waals surface area contributed by atoms with E-state index in [9.17, 15) is 13.6 Å². The first-order chi connectivity index (χ1) is 8.58. The normalized spacial score (nSPS) is 10.7. The van der Waals surface area contributed by atoms with Crippen LogP contribution in [0, 0.1) is 6.92 Å². The van der Waals surface area contributed by atoms with Crippen molar-refractivity contribution in [2.24, 2.45) is 0 Å². The molecule has 1 aromatic carbocycles. The van der Waals surface area contributed by atoms with Crippen LogP contribution in [0.4, 0.5) is 8.78 Å². The van der Waals surface area contributed by atoms with E-state index in [2.05, 4.69) is 4.98 Å². The number of benzene rings is 1. The van der Waals surface area contributed by atoms with E-state index in [0.29, 0.717) is 11.1 Å². The molecule has 0 aliphatic rings. The summed E-state index contributed by atoms with van der Waals surface area (Å²) in [6, 6.07) is 7.35. The smallest absolute Gasteiger partial charge is 0.263 e. The summed E-state index contributed by atoms with van der Waals surface area (Å²) in [7, 11) is 0. The summed E-state index contributed by atoms with van der Waals surface area (Å²) in [5.41, 5.74) is 1.23. The summed E-state index contributed by atoms with van der Waals surface area (Å²) in [5.74, 6) is -0.275. The zero-order chi connectivity index (χ0) is 13.1. The molecule has 2 aromatic rings. The van der Waals surface area contributed by atoms with Crippen LogP contribution in [0.2, 0.25) is 0 Å². The molecule has 0 atom stereocenters. The van der Waals surface area contributed by atoms with Crippen molar-refractivity contribution in [3.05, 3.63) is 65.0 Å². The van der Waals surface area contributed by atoms with Gasteiger partial charge in [-0.15, -0.1) is 0 Å². The second-order valence-corrected chi connectivity index (χ2v) is 4.00. The summed E-state index contributed by atoms with van der Waals surface area (Å²) in [5, 5.41) is 0. The molecule has 0 unspecified atom stereocenters. The Morgan fingerprint density at radius 3 is 2.39 bits per heavy atom. The van der Waals surface area contributed by atoms with Crippen LogP contribution in [0.15, 0.2) is 42.7 Å². The largest absolute Gasteiger partial charge is 0.289 e. The Balaban J connectivity index is 2.42. The lowest BCUT2D eigenvalue weighted by Gasteiger charge is -2.06. The van der Waals surface area contributed by atoms with Gasteiger partial charge in [-0.2, -0.15) is 0 Å². The van der Waals surface area contributed by atoms with Crippen molar-refractivity contribution < 1.29 is 13.6 Å². The molecule has 1 aromatic heterocycles. The maximum Gasteiger partial charge on any atom is 0.263 e. The van der Waals surface area contributed by atoms with Crippen molar-refractivity contribution in [1.82, 2.24) is 4.98 Å². The van der Waals surface area contributed by atoms with Crippen LogP contribution < -0.4 is 0 Å². The zero-order valence-electron chi connectivity index (χ0n) is 9.73. The fraction of sp³-hybridized carbons (Fsp3) is 0.143. The third kappa shape index (κ3) is 2.59. The van der Waals surface area contributed by atoms with Crippen molar-refractivity contribution in [3.63, 3.8) is 0 Å². The molecule has 2 rings (SSSR count). The third-order valence-electron chi connectivity index (χ3n) is 2.56. The molecular weight excluding hydrogens is 236 g/mol. The van der Waals surface area contributed by atoms with Gasteiger partial charge in [-0.3, -0.25) is 9.78 Å². The lowest BCUT2D eigenvalue weighted by Crippen LogP contribution is -2.03. The van der Waals surface area contributed by atoms with Gasteiger partial charge >= 0.3 is 0 Å². The van der Waals surface area contributed by atoms with Crippen molar-refractivity contribution in [2.45, 2.75) is 13.3 Å². The highest BCUT2D eigenvalue weighted by atomic mass is 19.3. The molecule has 92 valence electrons. The molecule has 0 aliphatic carbocycles. The quantitative estimate of drug-likeness (QED) is 0.776. The molecule has 0 spiro atoms. The number of ketones is 1. The number of carbonyl (C=O) groups is 1. The second kappa shape index (κ2) is 5.04. The molecule has 0 fully saturated rings. The fourth-order valence-corrected chi connectivity index (χ4v) is 1.74. The summed E-state index contributed by atoms with van der Waals surface area (Å²) in [6.07, 6.45) is 0.419. The van der Waals surface area contributed by atoms with E-state index in [1.165, 1.54) is 24.5 Å². The van der Waals surface area contributed by atoms with Gasteiger partial charge in [-0.1, -0.05) is 6.07 Å². The number of alkyl halides is 2. The molecule has 0 amide bonds. The van der Waals surface area contributed by atoms with Gasteiger partial charge in [0.25, 0.3) is 6.43 Å². The average molecular weight is 247 g/mol. The minimum atomic E-state index is -2.58. The highest BCUT2D eigenvalue weighted by Crippen LogP contribution is 2.22. The fourth-order valence-electron chi connectivity index (χ4n) is 1.74. The minimum Gasteiger partial charge on any atom is -0.289 e. The second-order valence-electron chi connectivity index (χ2n) is 4.00. The van der Waals surface area contributed by atoms with Gasteiger partial charge in [-0.25, -0.2) is 8.78 Å². The number of aryl methyl sites for hydroxylation is 1. The Hall–Kier alpha value is -2.10. The SMILES string of the molecule is Cc1cc(C(=O)c2ccncc2)cc(C(F)F)c1. The number of carbonyl (C=O) groups excluding carboxylic acids is 1. The summed E-state index contributed by atoms with van der Waals surface area (Å²) < 4.78 is 25.3. The van der Waals surface area contributed by atoms with Crippen molar-refractivity contribution in [2.75, 3.05) is 0 Å². The van der Waals surface area contributed by atoms with E-state index in [1.54, 1.807) is 25.1 Å². The Labute approximate surface area is 103 Å². The zero-order valence-corrected chi connectivity index (χ0v) is 9.73. The molecule has 0 aliphatic heterocycles. The van der Waals surface area contributed by atoms with Crippen LogP contribution in [0.3, 0.4) is 0 Å². The molecule has 0 bridgehead atoms. The van der Waals surface area contributed by atoms with Crippen molar-refractivity contribution >= 4 is 5.78 Å². The van der Waals surface area contributed by atoms with Crippen LogP contribution in [0.1, 0.15) is 33.5 Å². The summed E-state index contributed by atoms with van der Waals surface area (Å²) in [6.45, 7) is 1.69. The molecule has 2 nitrogen and oxygen atoms in total. The number of nitrogens with zero attached hydrogens (tertiary/aromatic N) is 1. The highest BCUT2D eigenvalue weighted by Gasteiger charge is 2.14. The number of rotatable bonds is 3. The molecule has 0 saturated heterocycles. The molecule has 4 heteroatoms. The van der Waals surface area contributed by atoms with Gasteiger partial charge in [0.15, 0.2) is 5.78 Å². The van der Waals surface area contributed by atoms with E-state index < -0.39 is 6.43 Å². The van der Waals surface area contributed by atoms with Crippen LogP contribution in [-0.2, 0) is 0 Å². The minimum absolute atomic E-state index is 0.132. The monoisotopic (exact) mass is 247 g/mol. The maximum atomic E-state index is 12.7. The predicted molar refractivity (Wildman–Crippen MR) is 63.8 cm³/mol. The predicted octanol–water partition coefficient (Wildman–Crippen LogP) is 3.56. The summed E-state index contributed by atoms with van der Waals surface area (Å²) in [4.78, 5) is 15.9. The number of pyridine rings is 1. The lowest BCUT2D eigenvalue weighted by atomic mass is 10.00. The number of hydrogen-bond donors (Lipinski definition) is 0. The van der Waals surface area contributed by atoms with Gasteiger partial charge in [0, 0.05) is 29.1 Å². The van der Waals surface area contributed by atoms with Crippen molar-refractivity contribution in [3.8, 4) is 0 Å². The van der Waals surface area contributed by atoms with E-state index in [-0.39, 0.29) is 16.9 Å². The van der Waals surface area contributed by atoms with Crippen LogP contribution in [0.5, 0.6) is 0 Å².